The van der Waals surface area contributed by atoms with E-state index < -0.39 is 0 Å². The molecule has 2 aliphatic rings. The number of halogens is 1. The van der Waals surface area contributed by atoms with E-state index >= 15 is 0 Å². The van der Waals surface area contributed by atoms with E-state index in [9.17, 15) is 5.11 Å². The molecule has 0 amide bonds. The fourth-order valence-electron chi connectivity index (χ4n) is 3.56. The Morgan fingerprint density at radius 2 is 1.95 bits per heavy atom. The molecule has 1 saturated heterocycles. The van der Waals surface area contributed by atoms with Crippen LogP contribution in [0.2, 0.25) is 0 Å². The van der Waals surface area contributed by atoms with Crippen LogP contribution in [0.5, 0.6) is 0 Å². The first kappa shape index (κ1) is 14.5. The van der Waals surface area contributed by atoms with Crippen LogP contribution in [0.3, 0.4) is 0 Å². The average Bonchev–Trinajstić information content (AvgIpc) is 2.96. The number of nitrogens with zero attached hydrogens (tertiary/aromatic N) is 1. The third-order valence-corrected chi connectivity index (χ3v) is 5.33. The first-order valence-electron chi connectivity index (χ1n) is 7.61. The van der Waals surface area contributed by atoms with E-state index in [2.05, 4.69) is 57.8 Å². The van der Waals surface area contributed by atoms with Crippen LogP contribution >= 0.6 is 22.6 Å². The Bertz CT molecular complexity index is 482. The second-order valence-electron chi connectivity index (χ2n) is 5.87. The Hall–Kier alpha value is -0.390. The predicted molar refractivity (Wildman–Crippen MR) is 91.6 cm³/mol. The number of benzene rings is 1. The first-order chi connectivity index (χ1) is 9.78. The van der Waals surface area contributed by atoms with Crippen LogP contribution in [0.15, 0.2) is 30.3 Å². The fourth-order valence-corrected chi connectivity index (χ4v) is 3.92. The van der Waals surface area contributed by atoms with Crippen LogP contribution in [-0.2, 0) is 0 Å². The lowest BCUT2D eigenvalue weighted by atomic mass is 9.90. The van der Waals surface area contributed by atoms with Gasteiger partial charge in [0.05, 0.1) is 6.61 Å². The third kappa shape index (κ3) is 3.10. The van der Waals surface area contributed by atoms with Crippen LogP contribution < -0.4 is 0 Å². The zero-order chi connectivity index (χ0) is 13.9. The summed E-state index contributed by atoms with van der Waals surface area (Å²) in [7, 11) is 0. The van der Waals surface area contributed by atoms with Gasteiger partial charge in [-0.1, -0.05) is 18.2 Å². The quantitative estimate of drug-likeness (QED) is 0.805. The van der Waals surface area contributed by atoms with Gasteiger partial charge in [0, 0.05) is 15.7 Å². The molecule has 1 fully saturated rings. The van der Waals surface area contributed by atoms with E-state index in [1.54, 1.807) is 0 Å². The van der Waals surface area contributed by atoms with Crippen molar-refractivity contribution in [3.63, 3.8) is 0 Å². The summed E-state index contributed by atoms with van der Waals surface area (Å²) in [6, 6.07) is 9.76. The summed E-state index contributed by atoms with van der Waals surface area (Å²) >= 11 is 2.35. The maximum Gasteiger partial charge on any atom is 0.0587 e. The van der Waals surface area contributed by atoms with Crippen molar-refractivity contribution in [3.05, 3.63) is 39.5 Å². The Morgan fingerprint density at radius 1 is 1.15 bits per heavy atom. The van der Waals surface area contributed by atoms with Crippen LogP contribution in [0.1, 0.15) is 37.7 Å². The fraction of sp³-hybridized carbons (Fsp3) is 0.529. The number of hydrogen-bond acceptors (Lipinski definition) is 2. The maximum absolute atomic E-state index is 9.52. The first-order valence-corrected chi connectivity index (χ1v) is 8.69. The Kier molecular flexibility index (Phi) is 4.79. The standard InChI is InChI=1S/C17H22INO/c18-15-8-6-13(7-9-15)14-3-1-4-16(11-14)19-10-2-5-17(19)12-20/h6-9,11,16-17,20H,1-5,10,12H2/t16-,17?/m0/s1. The molecule has 0 saturated carbocycles. The van der Waals surface area contributed by atoms with E-state index in [-0.39, 0.29) is 0 Å². The highest BCUT2D eigenvalue weighted by Crippen LogP contribution is 2.32. The summed E-state index contributed by atoms with van der Waals surface area (Å²) in [6.45, 7) is 1.45. The molecule has 0 aromatic heterocycles. The molecule has 3 heteroatoms. The van der Waals surface area contributed by atoms with E-state index in [0.29, 0.717) is 18.7 Å². The van der Waals surface area contributed by atoms with Crippen molar-refractivity contribution < 1.29 is 5.11 Å². The van der Waals surface area contributed by atoms with Gasteiger partial charge in [-0.05, 0) is 84.5 Å². The molecule has 1 aromatic rings. The van der Waals surface area contributed by atoms with E-state index in [1.807, 2.05) is 0 Å². The summed E-state index contributed by atoms with van der Waals surface area (Å²) < 4.78 is 1.29. The van der Waals surface area contributed by atoms with Gasteiger partial charge in [0.25, 0.3) is 0 Å². The van der Waals surface area contributed by atoms with E-state index in [0.717, 1.165) is 13.0 Å². The highest BCUT2D eigenvalue weighted by atomic mass is 127. The molecule has 0 spiro atoms. The van der Waals surface area contributed by atoms with Gasteiger partial charge >= 0.3 is 0 Å². The second kappa shape index (κ2) is 6.58. The Balaban J connectivity index is 1.80. The molecule has 1 aliphatic heterocycles. The summed E-state index contributed by atoms with van der Waals surface area (Å²) in [5.41, 5.74) is 2.86. The molecule has 20 heavy (non-hydrogen) atoms. The van der Waals surface area contributed by atoms with Gasteiger partial charge in [0.1, 0.15) is 0 Å². The minimum absolute atomic E-state index is 0.309. The van der Waals surface area contributed by atoms with Crippen molar-refractivity contribution in [1.82, 2.24) is 4.90 Å². The third-order valence-electron chi connectivity index (χ3n) is 4.61. The molecule has 1 aromatic carbocycles. The van der Waals surface area contributed by atoms with Gasteiger partial charge in [0.2, 0.25) is 0 Å². The SMILES string of the molecule is OCC1CCCN1[C@@H]1C=C(c2ccc(I)cc2)CCC1. The molecule has 1 N–H and O–H groups in total. The predicted octanol–water partition coefficient (Wildman–Crippen LogP) is 3.68. The molecule has 1 heterocycles. The van der Waals surface area contributed by atoms with Gasteiger partial charge in [-0.15, -0.1) is 0 Å². The van der Waals surface area contributed by atoms with Gasteiger partial charge in [-0.2, -0.15) is 0 Å². The van der Waals surface area contributed by atoms with Gasteiger partial charge in [0.15, 0.2) is 0 Å². The lowest BCUT2D eigenvalue weighted by molar-refractivity contribution is 0.130. The number of likely N-dealkylation sites (tertiary alicyclic amines) is 1. The molecule has 0 radical (unpaired) electrons. The van der Waals surface area contributed by atoms with Crippen LogP contribution in [-0.4, -0.2) is 35.2 Å². The maximum atomic E-state index is 9.52. The van der Waals surface area contributed by atoms with Crippen LogP contribution in [0.25, 0.3) is 5.57 Å². The lowest BCUT2D eigenvalue weighted by Gasteiger charge is -2.33. The normalized spacial score (nSPS) is 27.6. The zero-order valence-electron chi connectivity index (χ0n) is 11.8. The second-order valence-corrected chi connectivity index (χ2v) is 7.12. The summed E-state index contributed by atoms with van der Waals surface area (Å²) in [5.74, 6) is 0. The van der Waals surface area contributed by atoms with Crippen molar-refractivity contribution in [2.45, 2.75) is 44.2 Å². The summed E-state index contributed by atoms with van der Waals surface area (Å²) in [4.78, 5) is 2.52. The highest BCUT2D eigenvalue weighted by Gasteiger charge is 2.30. The Labute approximate surface area is 135 Å². The number of allylic oxidation sites excluding steroid dienone is 1. The van der Waals surface area contributed by atoms with Gasteiger partial charge in [-0.3, -0.25) is 4.90 Å². The lowest BCUT2D eigenvalue weighted by Crippen LogP contribution is -2.40. The number of aliphatic hydroxyl groups excluding tert-OH is 1. The highest BCUT2D eigenvalue weighted by molar-refractivity contribution is 14.1. The van der Waals surface area contributed by atoms with Gasteiger partial charge < -0.3 is 5.11 Å². The molecule has 0 bridgehead atoms. The minimum atomic E-state index is 0.309. The van der Waals surface area contributed by atoms with Crippen molar-refractivity contribution in [3.8, 4) is 0 Å². The summed E-state index contributed by atoms with van der Waals surface area (Å²) in [6.07, 6.45) is 8.53. The van der Waals surface area contributed by atoms with Crippen molar-refractivity contribution in [2.24, 2.45) is 0 Å². The summed E-state index contributed by atoms with van der Waals surface area (Å²) in [5, 5.41) is 9.52. The number of rotatable bonds is 3. The molecule has 108 valence electrons. The number of aliphatic hydroxyl groups is 1. The van der Waals surface area contributed by atoms with E-state index in [4.69, 9.17) is 0 Å². The van der Waals surface area contributed by atoms with Crippen molar-refractivity contribution in [1.29, 1.82) is 0 Å². The molecule has 2 nitrogen and oxygen atoms in total. The van der Waals surface area contributed by atoms with Crippen LogP contribution in [0, 0.1) is 3.57 Å². The molecule has 3 rings (SSSR count). The van der Waals surface area contributed by atoms with Crippen LogP contribution in [0.4, 0.5) is 0 Å². The molecular weight excluding hydrogens is 361 g/mol. The van der Waals surface area contributed by atoms with E-state index in [1.165, 1.54) is 40.4 Å². The van der Waals surface area contributed by atoms with Gasteiger partial charge in [-0.25, -0.2) is 0 Å². The van der Waals surface area contributed by atoms with Crippen molar-refractivity contribution in [2.75, 3.05) is 13.2 Å². The monoisotopic (exact) mass is 383 g/mol. The zero-order valence-corrected chi connectivity index (χ0v) is 13.9. The number of hydrogen-bond donors (Lipinski definition) is 1. The topological polar surface area (TPSA) is 23.5 Å². The molecular formula is C17H22INO. The largest absolute Gasteiger partial charge is 0.395 e. The average molecular weight is 383 g/mol. The van der Waals surface area contributed by atoms with Crippen molar-refractivity contribution >= 4 is 28.2 Å². The molecule has 1 unspecified atom stereocenters. The molecule has 1 aliphatic carbocycles. The smallest absolute Gasteiger partial charge is 0.0587 e. The molecule has 2 atom stereocenters. The Morgan fingerprint density at radius 3 is 2.70 bits per heavy atom. The minimum Gasteiger partial charge on any atom is -0.395 e.